The summed E-state index contributed by atoms with van der Waals surface area (Å²) in [6.07, 6.45) is 0.989. The summed E-state index contributed by atoms with van der Waals surface area (Å²) in [5.41, 5.74) is 3.79. The molecular weight excluding hydrogens is 288 g/mol. The van der Waals surface area contributed by atoms with E-state index in [0.717, 1.165) is 27.6 Å². The SMILES string of the molecule is CCc1ccc(C(=O)c2cc(C)ccc2Br)cc1. The molecule has 2 heteroatoms. The van der Waals surface area contributed by atoms with Crippen LogP contribution < -0.4 is 0 Å². The van der Waals surface area contributed by atoms with E-state index < -0.39 is 0 Å². The number of halogens is 1. The lowest BCUT2D eigenvalue weighted by atomic mass is 10.0. The molecule has 2 rings (SSSR count). The van der Waals surface area contributed by atoms with Crippen LogP contribution in [-0.2, 0) is 6.42 Å². The third-order valence-electron chi connectivity index (χ3n) is 2.99. The summed E-state index contributed by atoms with van der Waals surface area (Å²) in [6, 6.07) is 13.6. The van der Waals surface area contributed by atoms with Gasteiger partial charge in [-0.05, 0) is 31.0 Å². The van der Waals surface area contributed by atoms with E-state index in [9.17, 15) is 4.79 Å². The Labute approximate surface area is 116 Å². The standard InChI is InChI=1S/C16H15BrO/c1-3-12-5-7-13(8-6-12)16(18)14-10-11(2)4-9-15(14)17/h4-10H,3H2,1-2H3. The molecule has 0 atom stereocenters. The van der Waals surface area contributed by atoms with Gasteiger partial charge >= 0.3 is 0 Å². The molecule has 18 heavy (non-hydrogen) atoms. The maximum Gasteiger partial charge on any atom is 0.194 e. The van der Waals surface area contributed by atoms with Crippen LogP contribution in [0.4, 0.5) is 0 Å². The highest BCUT2D eigenvalue weighted by Gasteiger charge is 2.12. The van der Waals surface area contributed by atoms with Gasteiger partial charge in [-0.3, -0.25) is 4.79 Å². The quantitative estimate of drug-likeness (QED) is 0.760. The van der Waals surface area contributed by atoms with Gasteiger partial charge in [-0.1, -0.05) is 58.7 Å². The van der Waals surface area contributed by atoms with Gasteiger partial charge in [-0.15, -0.1) is 0 Å². The normalized spacial score (nSPS) is 10.4. The van der Waals surface area contributed by atoms with E-state index in [-0.39, 0.29) is 5.78 Å². The average molecular weight is 303 g/mol. The topological polar surface area (TPSA) is 17.1 Å². The van der Waals surface area contributed by atoms with Crippen LogP contribution in [0.2, 0.25) is 0 Å². The van der Waals surface area contributed by atoms with Crippen molar-refractivity contribution in [3.63, 3.8) is 0 Å². The maximum atomic E-state index is 12.4. The van der Waals surface area contributed by atoms with Gasteiger partial charge in [0.2, 0.25) is 0 Å². The molecule has 2 aromatic rings. The molecule has 0 aromatic heterocycles. The summed E-state index contributed by atoms with van der Waals surface area (Å²) >= 11 is 3.44. The molecule has 0 bridgehead atoms. The van der Waals surface area contributed by atoms with Gasteiger partial charge in [0.15, 0.2) is 5.78 Å². The fraction of sp³-hybridized carbons (Fsp3) is 0.188. The van der Waals surface area contributed by atoms with E-state index in [0.29, 0.717) is 0 Å². The Morgan fingerprint density at radius 2 is 1.78 bits per heavy atom. The van der Waals surface area contributed by atoms with Crippen molar-refractivity contribution in [2.24, 2.45) is 0 Å². The highest BCUT2D eigenvalue weighted by atomic mass is 79.9. The van der Waals surface area contributed by atoms with Crippen LogP contribution in [0.25, 0.3) is 0 Å². The second-order valence-corrected chi connectivity index (χ2v) is 5.22. The summed E-state index contributed by atoms with van der Waals surface area (Å²) in [4.78, 5) is 12.4. The van der Waals surface area contributed by atoms with Crippen molar-refractivity contribution in [1.82, 2.24) is 0 Å². The zero-order valence-corrected chi connectivity index (χ0v) is 12.1. The molecule has 0 amide bonds. The van der Waals surface area contributed by atoms with Crippen LogP contribution in [0, 0.1) is 6.92 Å². The molecule has 0 spiro atoms. The minimum absolute atomic E-state index is 0.0632. The molecule has 0 saturated heterocycles. The van der Waals surface area contributed by atoms with Crippen LogP contribution in [0.1, 0.15) is 34.0 Å². The van der Waals surface area contributed by atoms with Crippen LogP contribution in [0.15, 0.2) is 46.9 Å². The molecule has 0 aliphatic rings. The molecular formula is C16H15BrO. The number of carbonyl (C=O) groups is 1. The highest BCUT2D eigenvalue weighted by Crippen LogP contribution is 2.21. The van der Waals surface area contributed by atoms with Gasteiger partial charge in [-0.25, -0.2) is 0 Å². The number of ketones is 1. The maximum absolute atomic E-state index is 12.4. The molecule has 0 heterocycles. The smallest absolute Gasteiger partial charge is 0.194 e. The van der Waals surface area contributed by atoms with E-state index in [1.807, 2.05) is 49.4 Å². The van der Waals surface area contributed by atoms with Gasteiger partial charge in [0.05, 0.1) is 0 Å². The van der Waals surface area contributed by atoms with E-state index in [4.69, 9.17) is 0 Å². The van der Waals surface area contributed by atoms with Crippen molar-refractivity contribution in [1.29, 1.82) is 0 Å². The largest absolute Gasteiger partial charge is 0.289 e. The Bertz CT molecular complexity index is 570. The zero-order valence-electron chi connectivity index (χ0n) is 10.5. The zero-order chi connectivity index (χ0) is 13.1. The van der Waals surface area contributed by atoms with E-state index in [1.54, 1.807) is 0 Å². The van der Waals surface area contributed by atoms with Gasteiger partial charge in [-0.2, -0.15) is 0 Å². The molecule has 0 fully saturated rings. The summed E-state index contributed by atoms with van der Waals surface area (Å²) in [5.74, 6) is 0.0632. The van der Waals surface area contributed by atoms with E-state index >= 15 is 0 Å². The number of hydrogen-bond acceptors (Lipinski definition) is 1. The first-order valence-electron chi connectivity index (χ1n) is 6.01. The number of benzene rings is 2. The predicted octanol–water partition coefficient (Wildman–Crippen LogP) is 4.55. The molecule has 0 aliphatic carbocycles. The van der Waals surface area contributed by atoms with Gasteiger partial charge in [0, 0.05) is 15.6 Å². The summed E-state index contributed by atoms with van der Waals surface area (Å²) in [6.45, 7) is 4.09. The fourth-order valence-electron chi connectivity index (χ4n) is 1.86. The second kappa shape index (κ2) is 5.49. The van der Waals surface area contributed by atoms with Gasteiger partial charge in [0.25, 0.3) is 0 Å². The lowest BCUT2D eigenvalue weighted by Crippen LogP contribution is -2.03. The summed E-state index contributed by atoms with van der Waals surface area (Å²) < 4.78 is 0.845. The molecule has 2 aromatic carbocycles. The molecule has 0 N–H and O–H groups in total. The Morgan fingerprint density at radius 3 is 2.39 bits per heavy atom. The minimum Gasteiger partial charge on any atom is -0.289 e. The highest BCUT2D eigenvalue weighted by molar-refractivity contribution is 9.10. The number of hydrogen-bond donors (Lipinski definition) is 0. The van der Waals surface area contributed by atoms with Crippen molar-refractivity contribution >= 4 is 21.7 Å². The van der Waals surface area contributed by atoms with Crippen molar-refractivity contribution in [3.8, 4) is 0 Å². The Hall–Kier alpha value is -1.41. The van der Waals surface area contributed by atoms with E-state index in [2.05, 4.69) is 22.9 Å². The molecule has 92 valence electrons. The summed E-state index contributed by atoms with van der Waals surface area (Å²) in [5, 5.41) is 0. The minimum atomic E-state index is 0.0632. The molecule has 0 radical (unpaired) electrons. The first kappa shape index (κ1) is 13.0. The molecule has 0 saturated carbocycles. The Balaban J connectivity index is 2.38. The predicted molar refractivity (Wildman–Crippen MR) is 78.1 cm³/mol. The number of carbonyl (C=O) groups excluding carboxylic acids is 1. The average Bonchev–Trinajstić information content (AvgIpc) is 2.41. The fourth-order valence-corrected chi connectivity index (χ4v) is 2.29. The van der Waals surface area contributed by atoms with E-state index in [1.165, 1.54) is 5.56 Å². The van der Waals surface area contributed by atoms with Gasteiger partial charge < -0.3 is 0 Å². The Kier molecular flexibility index (Phi) is 3.97. The monoisotopic (exact) mass is 302 g/mol. The van der Waals surface area contributed by atoms with Gasteiger partial charge in [0.1, 0.15) is 0 Å². The van der Waals surface area contributed by atoms with Crippen molar-refractivity contribution in [2.75, 3.05) is 0 Å². The van der Waals surface area contributed by atoms with Crippen LogP contribution >= 0.6 is 15.9 Å². The van der Waals surface area contributed by atoms with Crippen molar-refractivity contribution in [2.45, 2.75) is 20.3 Å². The second-order valence-electron chi connectivity index (χ2n) is 4.36. The van der Waals surface area contributed by atoms with Crippen LogP contribution in [-0.4, -0.2) is 5.78 Å². The summed E-state index contributed by atoms with van der Waals surface area (Å²) in [7, 11) is 0. The third-order valence-corrected chi connectivity index (χ3v) is 3.68. The molecule has 0 aliphatic heterocycles. The lowest BCUT2D eigenvalue weighted by molar-refractivity contribution is 0.103. The molecule has 1 nitrogen and oxygen atoms in total. The van der Waals surface area contributed by atoms with Crippen LogP contribution in [0.5, 0.6) is 0 Å². The van der Waals surface area contributed by atoms with Crippen molar-refractivity contribution < 1.29 is 4.79 Å². The number of aryl methyl sites for hydroxylation is 2. The number of rotatable bonds is 3. The first-order chi connectivity index (χ1) is 8.61. The Morgan fingerprint density at radius 1 is 1.11 bits per heavy atom. The van der Waals surface area contributed by atoms with Crippen LogP contribution in [0.3, 0.4) is 0 Å². The lowest BCUT2D eigenvalue weighted by Gasteiger charge is -2.06. The first-order valence-corrected chi connectivity index (χ1v) is 6.81. The third kappa shape index (κ3) is 2.70. The molecule has 0 unspecified atom stereocenters. The van der Waals surface area contributed by atoms with Crippen molar-refractivity contribution in [3.05, 3.63) is 69.2 Å².